The smallest absolute Gasteiger partial charge is 0.203 e. The summed E-state index contributed by atoms with van der Waals surface area (Å²) in [4.78, 5) is 4.38. The number of anilines is 1. The van der Waals surface area contributed by atoms with Crippen LogP contribution in [0.5, 0.6) is 11.5 Å². The molecule has 0 spiro atoms. The molecule has 1 heterocycles. The number of hydrogen-bond acceptors (Lipinski definition) is 4. The molecule has 3 rings (SSSR count). The van der Waals surface area contributed by atoms with E-state index in [9.17, 15) is 9.50 Å². The SMILES string of the molecule is CCOc1cc(CNc2ncc(-c3ccc(F)cc3)n2C)ccc1O. The van der Waals surface area contributed by atoms with Crippen molar-refractivity contribution in [2.75, 3.05) is 11.9 Å². The molecule has 130 valence electrons. The normalized spacial score (nSPS) is 10.7. The van der Waals surface area contributed by atoms with Crippen LogP contribution < -0.4 is 10.1 Å². The van der Waals surface area contributed by atoms with Crippen molar-refractivity contribution in [1.29, 1.82) is 0 Å². The largest absolute Gasteiger partial charge is 0.504 e. The Balaban J connectivity index is 1.74. The minimum Gasteiger partial charge on any atom is -0.504 e. The highest BCUT2D eigenvalue weighted by Gasteiger charge is 2.09. The van der Waals surface area contributed by atoms with Gasteiger partial charge in [-0.1, -0.05) is 6.07 Å². The van der Waals surface area contributed by atoms with E-state index < -0.39 is 0 Å². The molecule has 0 amide bonds. The molecule has 0 saturated carbocycles. The van der Waals surface area contributed by atoms with Gasteiger partial charge in [0.1, 0.15) is 5.82 Å². The van der Waals surface area contributed by atoms with E-state index in [0.717, 1.165) is 16.8 Å². The quantitative estimate of drug-likeness (QED) is 0.713. The van der Waals surface area contributed by atoms with E-state index in [0.29, 0.717) is 24.8 Å². The number of hydrogen-bond donors (Lipinski definition) is 2. The Morgan fingerprint density at radius 3 is 2.68 bits per heavy atom. The molecule has 0 atom stereocenters. The summed E-state index contributed by atoms with van der Waals surface area (Å²) in [6.07, 6.45) is 1.75. The molecule has 1 aromatic heterocycles. The first-order valence-electron chi connectivity index (χ1n) is 8.04. The van der Waals surface area contributed by atoms with Crippen LogP contribution in [0.15, 0.2) is 48.7 Å². The third-order valence-electron chi connectivity index (χ3n) is 3.90. The van der Waals surface area contributed by atoms with E-state index in [2.05, 4.69) is 10.3 Å². The number of halogens is 1. The Kier molecular flexibility index (Phi) is 4.88. The lowest BCUT2D eigenvalue weighted by Gasteiger charge is -2.11. The number of phenols is 1. The maximum Gasteiger partial charge on any atom is 0.203 e. The zero-order valence-corrected chi connectivity index (χ0v) is 14.2. The monoisotopic (exact) mass is 341 g/mol. The fourth-order valence-corrected chi connectivity index (χ4v) is 2.58. The van der Waals surface area contributed by atoms with E-state index in [4.69, 9.17) is 4.74 Å². The van der Waals surface area contributed by atoms with Gasteiger partial charge in [0.25, 0.3) is 0 Å². The van der Waals surface area contributed by atoms with E-state index in [1.54, 1.807) is 30.5 Å². The Labute approximate surface area is 145 Å². The highest BCUT2D eigenvalue weighted by molar-refractivity contribution is 5.61. The predicted octanol–water partition coefficient (Wildman–Crippen LogP) is 3.94. The second-order valence-corrected chi connectivity index (χ2v) is 5.62. The second-order valence-electron chi connectivity index (χ2n) is 5.62. The molecule has 2 aromatic carbocycles. The Hall–Kier alpha value is -3.02. The number of rotatable bonds is 6. The number of benzene rings is 2. The van der Waals surface area contributed by atoms with Crippen molar-refractivity contribution in [3.05, 3.63) is 60.0 Å². The van der Waals surface area contributed by atoms with Gasteiger partial charge in [-0.3, -0.25) is 0 Å². The van der Waals surface area contributed by atoms with E-state index >= 15 is 0 Å². The summed E-state index contributed by atoms with van der Waals surface area (Å²) in [6.45, 7) is 2.90. The first-order valence-corrected chi connectivity index (χ1v) is 8.04. The minimum atomic E-state index is -0.262. The third-order valence-corrected chi connectivity index (χ3v) is 3.90. The van der Waals surface area contributed by atoms with Crippen LogP contribution in [0.4, 0.5) is 10.3 Å². The highest BCUT2D eigenvalue weighted by atomic mass is 19.1. The molecule has 0 fully saturated rings. The van der Waals surface area contributed by atoms with Gasteiger partial charge in [0.2, 0.25) is 5.95 Å². The Morgan fingerprint density at radius 1 is 1.20 bits per heavy atom. The molecule has 0 unspecified atom stereocenters. The van der Waals surface area contributed by atoms with E-state index in [-0.39, 0.29) is 11.6 Å². The van der Waals surface area contributed by atoms with Crippen LogP contribution in [0.2, 0.25) is 0 Å². The first kappa shape index (κ1) is 16.8. The van der Waals surface area contributed by atoms with Gasteiger partial charge in [-0.25, -0.2) is 9.37 Å². The van der Waals surface area contributed by atoms with Gasteiger partial charge in [0.05, 0.1) is 18.5 Å². The number of aromatic hydroxyl groups is 1. The molecule has 0 aliphatic carbocycles. The van der Waals surface area contributed by atoms with Crippen LogP contribution in [0.3, 0.4) is 0 Å². The average Bonchev–Trinajstić information content (AvgIpc) is 2.97. The average molecular weight is 341 g/mol. The molecule has 6 heteroatoms. The van der Waals surface area contributed by atoms with Gasteiger partial charge in [-0.05, 0) is 48.9 Å². The summed E-state index contributed by atoms with van der Waals surface area (Å²) in [5, 5.41) is 13.0. The summed E-state index contributed by atoms with van der Waals surface area (Å²) in [5.74, 6) is 1.03. The lowest BCUT2D eigenvalue weighted by Crippen LogP contribution is -2.06. The van der Waals surface area contributed by atoms with Crippen molar-refractivity contribution in [1.82, 2.24) is 9.55 Å². The van der Waals surface area contributed by atoms with Gasteiger partial charge >= 0.3 is 0 Å². The molecule has 0 saturated heterocycles. The van der Waals surface area contributed by atoms with Crippen LogP contribution in [0.1, 0.15) is 12.5 Å². The van der Waals surface area contributed by atoms with Gasteiger partial charge in [-0.2, -0.15) is 0 Å². The number of imidazole rings is 1. The van der Waals surface area contributed by atoms with Crippen LogP contribution >= 0.6 is 0 Å². The second kappa shape index (κ2) is 7.25. The standard InChI is InChI=1S/C19H20FN3O2/c1-3-25-18-10-13(4-9-17(18)24)11-21-19-22-12-16(23(19)2)14-5-7-15(20)8-6-14/h4-10,12,24H,3,11H2,1-2H3,(H,21,22). The van der Waals surface area contributed by atoms with E-state index in [1.807, 2.05) is 24.6 Å². The fourth-order valence-electron chi connectivity index (χ4n) is 2.58. The fraction of sp³-hybridized carbons (Fsp3) is 0.211. The number of nitrogens with one attached hydrogen (secondary N) is 1. The molecule has 5 nitrogen and oxygen atoms in total. The van der Waals surface area contributed by atoms with Crippen molar-refractivity contribution in [3.8, 4) is 22.8 Å². The lowest BCUT2D eigenvalue weighted by molar-refractivity contribution is 0.318. The molecule has 0 bridgehead atoms. The van der Waals surface area contributed by atoms with Gasteiger partial charge in [0.15, 0.2) is 11.5 Å². The van der Waals surface area contributed by atoms with Crippen LogP contribution in [0.25, 0.3) is 11.3 Å². The van der Waals surface area contributed by atoms with E-state index in [1.165, 1.54) is 12.1 Å². The number of phenolic OH excluding ortho intramolecular Hbond substituents is 1. The molecule has 0 radical (unpaired) electrons. The van der Waals surface area contributed by atoms with Crippen molar-refractivity contribution < 1.29 is 14.2 Å². The van der Waals surface area contributed by atoms with Crippen LogP contribution in [0, 0.1) is 5.82 Å². The van der Waals surface area contributed by atoms with Gasteiger partial charge in [-0.15, -0.1) is 0 Å². The maximum absolute atomic E-state index is 13.1. The molecule has 2 N–H and O–H groups in total. The van der Waals surface area contributed by atoms with Gasteiger partial charge < -0.3 is 19.7 Å². The zero-order valence-electron chi connectivity index (χ0n) is 14.2. The third kappa shape index (κ3) is 3.74. The number of nitrogens with zero attached hydrogens (tertiary/aromatic N) is 2. The van der Waals surface area contributed by atoms with Crippen molar-refractivity contribution in [2.45, 2.75) is 13.5 Å². The summed E-state index contributed by atoms with van der Waals surface area (Å²) in [5.41, 5.74) is 2.75. The molecule has 0 aliphatic heterocycles. The van der Waals surface area contributed by atoms with Crippen molar-refractivity contribution in [2.24, 2.45) is 7.05 Å². The van der Waals surface area contributed by atoms with Crippen molar-refractivity contribution in [3.63, 3.8) is 0 Å². The highest BCUT2D eigenvalue weighted by Crippen LogP contribution is 2.27. The zero-order chi connectivity index (χ0) is 17.8. The predicted molar refractivity (Wildman–Crippen MR) is 95.2 cm³/mol. The number of aromatic nitrogens is 2. The van der Waals surface area contributed by atoms with Crippen molar-refractivity contribution >= 4 is 5.95 Å². The molecule has 0 aliphatic rings. The Morgan fingerprint density at radius 2 is 1.96 bits per heavy atom. The number of ether oxygens (including phenoxy) is 1. The molecular formula is C19H20FN3O2. The first-order chi connectivity index (χ1) is 12.1. The minimum absolute atomic E-state index is 0.126. The summed E-state index contributed by atoms with van der Waals surface area (Å²) < 4.78 is 20.4. The van der Waals surface area contributed by atoms with Gasteiger partial charge in [0, 0.05) is 19.2 Å². The summed E-state index contributed by atoms with van der Waals surface area (Å²) >= 11 is 0. The summed E-state index contributed by atoms with van der Waals surface area (Å²) in [7, 11) is 1.90. The van der Waals surface area contributed by atoms with Crippen LogP contribution in [-0.2, 0) is 13.6 Å². The molecular weight excluding hydrogens is 321 g/mol. The summed E-state index contributed by atoms with van der Waals surface area (Å²) in [6, 6.07) is 11.6. The topological polar surface area (TPSA) is 59.3 Å². The lowest BCUT2D eigenvalue weighted by atomic mass is 10.2. The molecule has 25 heavy (non-hydrogen) atoms. The maximum atomic E-state index is 13.1. The van der Waals surface area contributed by atoms with Crippen LogP contribution in [-0.4, -0.2) is 21.3 Å². The molecule has 3 aromatic rings. The Bertz CT molecular complexity index is 860.